The molecule has 9 atom stereocenters. The first-order chi connectivity index (χ1) is 33.9. The number of imide groups is 1. The zero-order valence-corrected chi connectivity index (χ0v) is 46.2. The Morgan fingerprint density at radius 3 is 2.20 bits per heavy atom. The van der Waals surface area contributed by atoms with Gasteiger partial charge in [0.15, 0.2) is 0 Å². The number of fused-ring (bicyclic) bond motifs is 1. The molecule has 0 bridgehead atoms. The van der Waals surface area contributed by atoms with E-state index in [-0.39, 0.29) is 66.2 Å². The summed E-state index contributed by atoms with van der Waals surface area (Å²) in [7, 11) is 6.95. The zero-order valence-electron chi connectivity index (χ0n) is 44.6. The number of aromatic nitrogens is 1. The lowest BCUT2D eigenvalue weighted by molar-refractivity contribution is -0.199. The van der Waals surface area contributed by atoms with Gasteiger partial charge in [-0.25, -0.2) is 5.06 Å². The van der Waals surface area contributed by atoms with Crippen molar-refractivity contribution < 1.29 is 43.1 Å². The summed E-state index contributed by atoms with van der Waals surface area (Å²) in [6.45, 7) is 16.5. The third-order valence-corrected chi connectivity index (χ3v) is 15.2. The van der Waals surface area contributed by atoms with E-state index in [1.807, 2.05) is 87.0 Å². The highest BCUT2D eigenvalue weighted by Crippen LogP contribution is 2.31. The van der Waals surface area contributed by atoms with E-state index in [0.29, 0.717) is 44.5 Å². The number of para-hydroxylation sites is 1. The van der Waals surface area contributed by atoms with Gasteiger partial charge in [-0.1, -0.05) is 102 Å². The first-order valence-corrected chi connectivity index (χ1v) is 27.3. The van der Waals surface area contributed by atoms with Crippen LogP contribution in [-0.2, 0) is 49.5 Å². The van der Waals surface area contributed by atoms with Gasteiger partial charge in [0.2, 0.25) is 29.5 Å². The molecule has 6 amide bonds. The fraction of sp³-hybridized carbons (Fsp3) is 0.736. The normalized spacial score (nSPS) is 18.8. The smallest absolute Gasteiger partial charge is 0.269 e. The van der Waals surface area contributed by atoms with E-state index in [4.69, 9.17) is 14.3 Å². The Morgan fingerprint density at radius 1 is 0.873 bits per heavy atom. The summed E-state index contributed by atoms with van der Waals surface area (Å²) >= 11 is 3.16. The summed E-state index contributed by atoms with van der Waals surface area (Å²) in [6.07, 6.45) is 8.30. The number of hydrogen-bond acceptors (Lipinski definition) is 11. The molecule has 4 rings (SSSR count). The number of ether oxygens (including phenoxy) is 2. The summed E-state index contributed by atoms with van der Waals surface area (Å²) in [4.78, 5) is 97.6. The minimum Gasteiger partial charge on any atom is -0.379 e. The van der Waals surface area contributed by atoms with Crippen LogP contribution in [0.25, 0.3) is 10.9 Å². The molecule has 0 radical (unpaired) electrons. The van der Waals surface area contributed by atoms with Gasteiger partial charge in [0.05, 0.1) is 54.6 Å². The largest absolute Gasteiger partial charge is 0.379 e. The fourth-order valence-electron chi connectivity index (χ4n) is 10.8. The number of aromatic amines is 1. The Bertz CT molecular complexity index is 2010. The highest BCUT2D eigenvalue weighted by Gasteiger charge is 2.44. The first-order valence-electron chi connectivity index (χ1n) is 26.1. The Balaban J connectivity index is 1.45. The van der Waals surface area contributed by atoms with Gasteiger partial charge in [-0.2, -0.15) is 0 Å². The van der Waals surface area contributed by atoms with Crippen molar-refractivity contribution in [2.75, 3.05) is 66.4 Å². The second-order valence-electron chi connectivity index (χ2n) is 20.5. The predicted octanol–water partition coefficient (Wildman–Crippen LogP) is 5.84. The zero-order chi connectivity index (χ0) is 52.4. The van der Waals surface area contributed by atoms with E-state index in [9.17, 15) is 28.8 Å². The minimum atomic E-state index is -0.899. The van der Waals surface area contributed by atoms with E-state index in [0.717, 1.165) is 67.8 Å². The molecule has 2 fully saturated rings. The number of likely N-dealkylation sites (N-methyl/N-ethyl adjacent to an activating group) is 2. The number of nitrogens with zero attached hydrogens (tertiary/aromatic N) is 4. The van der Waals surface area contributed by atoms with E-state index in [2.05, 4.69) is 50.7 Å². The molecule has 1 aromatic heterocycles. The molecule has 0 aliphatic carbocycles. The lowest BCUT2D eigenvalue weighted by Gasteiger charge is -2.43. The molecule has 0 unspecified atom stereocenters. The van der Waals surface area contributed by atoms with E-state index >= 15 is 0 Å². The average Bonchev–Trinajstić information content (AvgIpc) is 4.00. The number of unbranched alkanes of at least 4 members (excludes halogenated alkanes) is 3. The van der Waals surface area contributed by atoms with Crippen molar-refractivity contribution in [3.05, 3.63) is 36.0 Å². The second kappa shape index (κ2) is 29.7. The van der Waals surface area contributed by atoms with Crippen LogP contribution in [0.4, 0.5) is 0 Å². The Labute approximate surface area is 432 Å². The van der Waals surface area contributed by atoms with Crippen LogP contribution in [0.1, 0.15) is 118 Å². The van der Waals surface area contributed by atoms with E-state index in [1.54, 1.807) is 21.1 Å². The number of hydroxylamine groups is 2. The standard InChI is InChI=1S/C53H87BrN8O9/c1-12-36(6)48(60(9)47(35(4)5)52(67)58-51(66)46(34(2)3)59(8)26-18-14-13-17-25-55-44(63)32-54)43(69-10)31-45(64)61-27-21-24-42(61)49(70-11)37(7)50(65)57-41(53(68)62-28-19-20-29-71-62)30-38-33-56-40-23-16-15-22-39(38)40/h15-16,22-23,33-37,41-43,46-49,56H,12-14,17-21,24-32H2,1-11H3,(H,55,63)(H,57,65)(H,58,66,67)/t36-,37+,41-,42-,43+,46-,47-,48-,49+/m0/s1. The number of benzene rings is 1. The maximum Gasteiger partial charge on any atom is 0.269 e. The maximum atomic E-state index is 14.6. The summed E-state index contributed by atoms with van der Waals surface area (Å²) in [5.74, 6) is -2.55. The van der Waals surface area contributed by atoms with Gasteiger partial charge in [-0.15, -0.1) is 0 Å². The molecule has 0 saturated carbocycles. The summed E-state index contributed by atoms with van der Waals surface area (Å²) in [5, 5.41) is 11.4. The number of nitrogens with one attached hydrogen (secondary N) is 4. The number of alkyl halides is 1. The van der Waals surface area contributed by atoms with Crippen LogP contribution in [0.5, 0.6) is 0 Å². The van der Waals surface area contributed by atoms with Crippen molar-refractivity contribution >= 4 is 62.3 Å². The molecule has 400 valence electrons. The van der Waals surface area contributed by atoms with Crippen LogP contribution in [0.2, 0.25) is 0 Å². The SMILES string of the molecule is CC[C@H](C)[C@@H]([C@@H](CC(=O)N1CCC[C@H]1[C@H](OC)[C@@H](C)C(=O)N[C@@H](Cc1c[nH]c2ccccc12)C(=O)N1CCCCO1)OC)N(C)[C@H](C(=O)NC(=O)[C@H](C(C)C)N(C)CCCCCCNC(=O)CBr)C(C)C. The van der Waals surface area contributed by atoms with Crippen LogP contribution in [0, 0.1) is 23.7 Å². The number of carbonyl (C=O) groups is 6. The molecule has 18 heteroatoms. The van der Waals surface area contributed by atoms with Crippen molar-refractivity contribution in [2.24, 2.45) is 23.7 Å². The third kappa shape index (κ3) is 16.5. The second-order valence-corrected chi connectivity index (χ2v) is 21.1. The van der Waals surface area contributed by atoms with Gasteiger partial charge in [0, 0.05) is 63.4 Å². The minimum absolute atomic E-state index is 0.00205. The van der Waals surface area contributed by atoms with E-state index < -0.39 is 48.2 Å². The van der Waals surface area contributed by atoms with Crippen molar-refractivity contribution in [1.29, 1.82) is 0 Å². The number of rotatable bonds is 29. The Kier molecular flexibility index (Phi) is 24.9. The lowest BCUT2D eigenvalue weighted by Crippen LogP contribution is -2.60. The molecule has 1 aromatic carbocycles. The Morgan fingerprint density at radius 2 is 1.56 bits per heavy atom. The molecule has 2 aliphatic rings. The van der Waals surface area contributed by atoms with Crippen molar-refractivity contribution in [2.45, 2.75) is 162 Å². The first kappa shape index (κ1) is 59.6. The van der Waals surface area contributed by atoms with Crippen molar-refractivity contribution in [3.8, 4) is 0 Å². The number of H-pyrrole nitrogens is 1. The van der Waals surface area contributed by atoms with Crippen LogP contribution >= 0.6 is 15.9 Å². The van der Waals surface area contributed by atoms with Gasteiger partial charge >= 0.3 is 0 Å². The quantitative estimate of drug-likeness (QED) is 0.0565. The number of hydrogen-bond donors (Lipinski definition) is 4. The Hall–Kier alpha value is -3.94. The van der Waals surface area contributed by atoms with Crippen LogP contribution in [0.3, 0.4) is 0 Å². The van der Waals surface area contributed by atoms with Crippen molar-refractivity contribution in [3.63, 3.8) is 0 Å². The number of carbonyl (C=O) groups excluding carboxylic acids is 6. The third-order valence-electron chi connectivity index (χ3n) is 14.7. The van der Waals surface area contributed by atoms with Gasteiger partial charge in [-0.05, 0) is 88.5 Å². The van der Waals surface area contributed by atoms with Gasteiger partial charge in [0.1, 0.15) is 6.04 Å². The maximum absolute atomic E-state index is 14.6. The summed E-state index contributed by atoms with van der Waals surface area (Å²) < 4.78 is 12.3. The van der Waals surface area contributed by atoms with Crippen molar-refractivity contribution in [1.82, 2.24) is 40.7 Å². The average molecular weight is 1060 g/mol. The molecule has 4 N–H and O–H groups in total. The molecule has 2 aliphatic heterocycles. The van der Waals surface area contributed by atoms with E-state index in [1.165, 1.54) is 5.06 Å². The molecule has 71 heavy (non-hydrogen) atoms. The number of amides is 6. The number of halogens is 1. The molecule has 17 nitrogen and oxygen atoms in total. The molecule has 2 saturated heterocycles. The molecular formula is C53H87BrN8O9. The monoisotopic (exact) mass is 1060 g/mol. The predicted molar refractivity (Wildman–Crippen MR) is 280 cm³/mol. The number of likely N-dealkylation sites (tertiary alicyclic amines) is 1. The summed E-state index contributed by atoms with van der Waals surface area (Å²) in [6, 6.07) is 4.93. The highest BCUT2D eigenvalue weighted by atomic mass is 79.9. The van der Waals surface area contributed by atoms with Crippen LogP contribution < -0.4 is 16.0 Å². The summed E-state index contributed by atoms with van der Waals surface area (Å²) in [5.41, 5.74) is 1.84. The molecular weight excluding hydrogens is 973 g/mol. The number of methoxy groups -OCH3 is 2. The van der Waals surface area contributed by atoms with Crippen LogP contribution in [0.15, 0.2) is 30.5 Å². The van der Waals surface area contributed by atoms with Gasteiger partial charge in [-0.3, -0.25) is 48.7 Å². The van der Waals surface area contributed by atoms with Gasteiger partial charge < -0.3 is 30.0 Å². The molecule has 0 spiro atoms. The van der Waals surface area contributed by atoms with Gasteiger partial charge in [0.25, 0.3) is 5.91 Å². The fourth-order valence-corrected chi connectivity index (χ4v) is 11.0. The molecule has 2 aromatic rings. The van der Waals surface area contributed by atoms with Crippen LogP contribution in [-0.4, -0.2) is 169 Å². The topological polar surface area (TPSA) is 195 Å². The highest BCUT2D eigenvalue weighted by molar-refractivity contribution is 9.09. The molecule has 3 heterocycles. The lowest BCUT2D eigenvalue weighted by atomic mass is 9.87.